The summed E-state index contributed by atoms with van der Waals surface area (Å²) in [4.78, 5) is 14.7. The fourth-order valence-corrected chi connectivity index (χ4v) is 4.20. The van der Waals surface area contributed by atoms with E-state index in [-0.39, 0.29) is 11.9 Å². The normalized spacial score (nSPS) is 29.6. The average Bonchev–Trinajstić information content (AvgIpc) is 3.21. The number of hydrogen-bond donors (Lipinski definition) is 2. The molecule has 0 aromatic rings. The molecule has 2 saturated carbocycles. The second-order valence-electron chi connectivity index (χ2n) is 7.65. The number of carbonyl (C=O) groups excluding carboxylic acids is 1. The Bertz CT molecular complexity index is 367. The summed E-state index contributed by atoms with van der Waals surface area (Å²) in [6.07, 6.45) is 7.45. The van der Waals surface area contributed by atoms with E-state index in [1.807, 2.05) is 0 Å². The topological polar surface area (TPSA) is 58.4 Å². The lowest BCUT2D eigenvalue weighted by Gasteiger charge is -2.43. The molecule has 0 bridgehead atoms. The molecule has 1 amide bonds. The third kappa shape index (κ3) is 3.78. The van der Waals surface area contributed by atoms with Crippen LogP contribution in [0.25, 0.3) is 0 Å². The Morgan fingerprint density at radius 2 is 1.90 bits per heavy atom. The molecular formula is C17H33N3O. The zero-order valence-electron chi connectivity index (χ0n) is 14.2. The Morgan fingerprint density at radius 1 is 1.29 bits per heavy atom. The standard InChI is InChI=1S/C17H33N3O/c1-12(2)19-17(16(18)21,14-9-10-14)11-20(4)15-8-6-5-7-13(15)3/h12-15,19H,5-11H2,1-4H3,(H2,18,21). The molecule has 21 heavy (non-hydrogen) atoms. The van der Waals surface area contributed by atoms with E-state index in [9.17, 15) is 4.79 Å². The summed E-state index contributed by atoms with van der Waals surface area (Å²) in [7, 11) is 2.18. The van der Waals surface area contributed by atoms with E-state index < -0.39 is 5.54 Å². The van der Waals surface area contributed by atoms with E-state index in [1.165, 1.54) is 25.7 Å². The van der Waals surface area contributed by atoms with Crippen molar-refractivity contribution in [2.75, 3.05) is 13.6 Å². The van der Waals surface area contributed by atoms with E-state index in [2.05, 4.69) is 38.0 Å². The molecule has 2 aliphatic rings. The fourth-order valence-electron chi connectivity index (χ4n) is 4.20. The zero-order valence-corrected chi connectivity index (χ0v) is 14.2. The number of likely N-dealkylation sites (N-methyl/N-ethyl adjacent to an activating group) is 1. The highest BCUT2D eigenvalue weighted by molar-refractivity contribution is 5.86. The molecular weight excluding hydrogens is 262 g/mol. The summed E-state index contributed by atoms with van der Waals surface area (Å²) in [5.74, 6) is 0.959. The second kappa shape index (κ2) is 6.66. The average molecular weight is 295 g/mol. The SMILES string of the molecule is CC(C)NC(CN(C)C1CCCCC1C)(C(N)=O)C1CC1. The van der Waals surface area contributed by atoms with Gasteiger partial charge in [-0.25, -0.2) is 0 Å². The second-order valence-corrected chi connectivity index (χ2v) is 7.65. The van der Waals surface area contributed by atoms with Gasteiger partial charge in [-0.15, -0.1) is 0 Å². The molecule has 2 fully saturated rings. The fraction of sp³-hybridized carbons (Fsp3) is 0.941. The number of carbonyl (C=O) groups is 1. The van der Waals surface area contributed by atoms with E-state index in [1.54, 1.807) is 0 Å². The molecule has 0 aromatic heterocycles. The molecule has 0 radical (unpaired) electrons. The minimum Gasteiger partial charge on any atom is -0.368 e. The molecule has 0 heterocycles. The van der Waals surface area contributed by atoms with Crippen molar-refractivity contribution in [2.24, 2.45) is 17.6 Å². The van der Waals surface area contributed by atoms with E-state index in [4.69, 9.17) is 5.73 Å². The quantitative estimate of drug-likeness (QED) is 0.756. The maximum absolute atomic E-state index is 12.3. The Kier molecular flexibility index (Phi) is 5.31. The summed E-state index contributed by atoms with van der Waals surface area (Å²) in [6.45, 7) is 7.30. The Morgan fingerprint density at radius 3 is 2.38 bits per heavy atom. The lowest BCUT2D eigenvalue weighted by atomic mass is 9.83. The van der Waals surface area contributed by atoms with Gasteiger partial charge in [-0.05, 0) is 58.4 Å². The van der Waals surface area contributed by atoms with Crippen LogP contribution in [0.4, 0.5) is 0 Å². The third-order valence-corrected chi connectivity index (χ3v) is 5.39. The van der Waals surface area contributed by atoms with Gasteiger partial charge in [0.25, 0.3) is 0 Å². The van der Waals surface area contributed by atoms with Crippen molar-refractivity contribution in [3.05, 3.63) is 0 Å². The molecule has 2 rings (SSSR count). The van der Waals surface area contributed by atoms with Gasteiger partial charge in [0.05, 0.1) is 0 Å². The molecule has 3 unspecified atom stereocenters. The van der Waals surface area contributed by atoms with Gasteiger partial charge in [0.1, 0.15) is 5.54 Å². The molecule has 0 saturated heterocycles. The van der Waals surface area contributed by atoms with E-state index in [0.29, 0.717) is 17.9 Å². The predicted octanol–water partition coefficient (Wildman–Crippen LogP) is 2.13. The van der Waals surface area contributed by atoms with Crippen LogP contribution < -0.4 is 11.1 Å². The van der Waals surface area contributed by atoms with Gasteiger partial charge in [-0.3, -0.25) is 10.1 Å². The molecule has 0 spiro atoms. The zero-order chi connectivity index (χ0) is 15.6. The van der Waals surface area contributed by atoms with Crippen molar-refractivity contribution < 1.29 is 4.79 Å². The smallest absolute Gasteiger partial charge is 0.239 e. The molecule has 4 heteroatoms. The van der Waals surface area contributed by atoms with Crippen LogP contribution in [0.15, 0.2) is 0 Å². The highest BCUT2D eigenvalue weighted by Crippen LogP contribution is 2.41. The van der Waals surface area contributed by atoms with Crippen LogP contribution in [-0.2, 0) is 4.79 Å². The number of amides is 1. The maximum Gasteiger partial charge on any atom is 0.239 e. The van der Waals surface area contributed by atoms with Gasteiger partial charge in [-0.1, -0.05) is 19.8 Å². The lowest BCUT2D eigenvalue weighted by molar-refractivity contribution is -0.127. The Balaban J connectivity index is 2.11. The van der Waals surface area contributed by atoms with Crippen molar-refractivity contribution in [3.8, 4) is 0 Å². The highest BCUT2D eigenvalue weighted by Gasteiger charge is 2.51. The first kappa shape index (κ1) is 16.8. The van der Waals surface area contributed by atoms with Crippen LogP contribution in [0.1, 0.15) is 59.3 Å². The summed E-state index contributed by atoms with van der Waals surface area (Å²) >= 11 is 0. The first-order chi connectivity index (χ1) is 9.86. The summed E-state index contributed by atoms with van der Waals surface area (Å²) < 4.78 is 0. The maximum atomic E-state index is 12.3. The lowest BCUT2D eigenvalue weighted by Crippen LogP contribution is -2.65. The Labute approximate surface area is 129 Å². The molecule has 4 nitrogen and oxygen atoms in total. The van der Waals surface area contributed by atoms with Crippen molar-refractivity contribution in [1.29, 1.82) is 0 Å². The van der Waals surface area contributed by atoms with Crippen molar-refractivity contribution in [3.63, 3.8) is 0 Å². The number of hydrogen-bond acceptors (Lipinski definition) is 3. The van der Waals surface area contributed by atoms with Crippen LogP contribution in [0.2, 0.25) is 0 Å². The summed E-state index contributed by atoms with van der Waals surface area (Å²) in [6, 6.07) is 0.862. The van der Waals surface area contributed by atoms with Crippen LogP contribution in [0.5, 0.6) is 0 Å². The van der Waals surface area contributed by atoms with Crippen molar-refractivity contribution in [1.82, 2.24) is 10.2 Å². The van der Waals surface area contributed by atoms with Gasteiger partial charge < -0.3 is 10.6 Å². The number of rotatable bonds is 7. The predicted molar refractivity (Wildman–Crippen MR) is 87.0 cm³/mol. The highest BCUT2D eigenvalue weighted by atomic mass is 16.1. The van der Waals surface area contributed by atoms with Crippen molar-refractivity contribution >= 4 is 5.91 Å². The molecule has 3 N–H and O–H groups in total. The van der Waals surface area contributed by atoms with Gasteiger partial charge >= 0.3 is 0 Å². The molecule has 0 aliphatic heterocycles. The van der Waals surface area contributed by atoms with Crippen LogP contribution in [0.3, 0.4) is 0 Å². The molecule has 3 atom stereocenters. The minimum atomic E-state index is -0.542. The Hall–Kier alpha value is -0.610. The van der Waals surface area contributed by atoms with Gasteiger partial charge in [0.2, 0.25) is 5.91 Å². The summed E-state index contributed by atoms with van der Waals surface area (Å²) in [5.41, 5.74) is 5.30. The number of nitrogens with two attached hydrogens (primary N) is 1. The first-order valence-corrected chi connectivity index (χ1v) is 8.64. The molecule has 0 aromatic carbocycles. The first-order valence-electron chi connectivity index (χ1n) is 8.64. The van der Waals surface area contributed by atoms with Crippen LogP contribution in [-0.4, -0.2) is 42.0 Å². The largest absolute Gasteiger partial charge is 0.368 e. The summed E-state index contributed by atoms with van der Waals surface area (Å²) in [5, 5.41) is 3.52. The van der Waals surface area contributed by atoms with Crippen molar-refractivity contribution in [2.45, 2.75) is 76.9 Å². The van der Waals surface area contributed by atoms with Gasteiger partial charge in [-0.2, -0.15) is 0 Å². The van der Waals surface area contributed by atoms with E-state index in [0.717, 1.165) is 19.4 Å². The number of nitrogens with zero attached hydrogens (tertiary/aromatic N) is 1. The van der Waals surface area contributed by atoms with Crippen LogP contribution >= 0.6 is 0 Å². The number of nitrogens with one attached hydrogen (secondary N) is 1. The molecule has 122 valence electrons. The number of primary amides is 1. The van der Waals surface area contributed by atoms with Gasteiger partial charge in [0.15, 0.2) is 0 Å². The molecule has 2 aliphatic carbocycles. The van der Waals surface area contributed by atoms with E-state index >= 15 is 0 Å². The van der Waals surface area contributed by atoms with Gasteiger partial charge in [0, 0.05) is 18.6 Å². The minimum absolute atomic E-state index is 0.172. The third-order valence-electron chi connectivity index (χ3n) is 5.39. The monoisotopic (exact) mass is 295 g/mol. The van der Waals surface area contributed by atoms with Crippen LogP contribution in [0, 0.1) is 11.8 Å².